The van der Waals surface area contributed by atoms with E-state index in [2.05, 4.69) is 30.2 Å². The smallest absolute Gasteiger partial charge is 0.406 e. The van der Waals surface area contributed by atoms with Gasteiger partial charge in [-0.3, -0.25) is 0 Å². The van der Waals surface area contributed by atoms with Crippen molar-refractivity contribution < 1.29 is 66.5 Å². The van der Waals surface area contributed by atoms with Crippen LogP contribution in [0.3, 0.4) is 0 Å². The van der Waals surface area contributed by atoms with Gasteiger partial charge in [-0.1, -0.05) is 108 Å². The first kappa shape index (κ1) is 64.5. The van der Waals surface area contributed by atoms with Crippen LogP contribution < -0.4 is 9.47 Å². The maximum absolute atomic E-state index is 14.8. The summed E-state index contributed by atoms with van der Waals surface area (Å²) >= 11 is 0. The van der Waals surface area contributed by atoms with Crippen LogP contribution in [-0.4, -0.2) is 12.7 Å². The Morgan fingerprint density at radius 2 is 0.616 bits per heavy atom. The summed E-state index contributed by atoms with van der Waals surface area (Å²) in [5.74, 6) is -1.07. The van der Waals surface area contributed by atoms with Gasteiger partial charge in [0.15, 0.2) is 23.2 Å². The van der Waals surface area contributed by atoms with Crippen LogP contribution >= 0.6 is 0 Å². The van der Waals surface area contributed by atoms with Crippen LogP contribution in [0.1, 0.15) is 184 Å². The molecule has 6 aromatic carbocycles. The van der Waals surface area contributed by atoms with Crippen LogP contribution in [0.15, 0.2) is 109 Å². The molecule has 0 saturated heterocycles. The number of alkyl halides is 6. The first-order chi connectivity index (χ1) is 40.9. The van der Waals surface area contributed by atoms with Gasteiger partial charge in [0.2, 0.25) is 0 Å². The van der Waals surface area contributed by atoms with Gasteiger partial charge >= 0.3 is 12.7 Å². The van der Waals surface area contributed by atoms with Gasteiger partial charge < -0.3 is 9.47 Å². The van der Waals surface area contributed by atoms with Crippen LogP contribution in [0.5, 0.6) is 11.5 Å². The summed E-state index contributed by atoms with van der Waals surface area (Å²) in [4.78, 5) is 0. The molecule has 0 aromatic heterocycles. The maximum atomic E-state index is 14.8. The molecule has 6 aromatic rings. The van der Waals surface area contributed by atoms with Gasteiger partial charge in [-0.05, 0) is 249 Å². The van der Waals surface area contributed by atoms with Gasteiger partial charge in [-0.25, -0.2) is 30.7 Å². The molecule has 0 N–H and O–H groups in total. The molecule has 0 atom stereocenters. The Kier molecular flexibility index (Phi) is 21.3. The minimum atomic E-state index is -5.08. The predicted molar refractivity (Wildman–Crippen MR) is 311 cm³/mol. The number of rotatable bonds is 10. The molecule has 0 aliphatic heterocycles. The molecule has 11 rings (SSSR count). The van der Waals surface area contributed by atoms with Gasteiger partial charge in [-0.2, -0.15) is 0 Å². The first-order valence-electron chi connectivity index (χ1n) is 30.9. The van der Waals surface area contributed by atoms with Crippen LogP contribution in [0.2, 0.25) is 0 Å². The van der Waals surface area contributed by atoms with Crippen LogP contribution in [0, 0.1) is 82.1 Å². The van der Waals surface area contributed by atoms with Crippen LogP contribution in [0.4, 0.5) is 57.1 Å². The lowest BCUT2D eigenvalue weighted by Gasteiger charge is -2.37. The Labute approximate surface area is 497 Å². The van der Waals surface area contributed by atoms with E-state index in [-0.39, 0.29) is 28.4 Å². The van der Waals surface area contributed by atoms with E-state index in [1.54, 1.807) is 12.1 Å². The second-order valence-electron chi connectivity index (χ2n) is 25.5. The number of benzene rings is 6. The zero-order chi connectivity index (χ0) is 61.5. The Bertz CT molecular complexity index is 3100. The average molecular weight is 1210 g/mol. The lowest BCUT2D eigenvalue weighted by Crippen LogP contribution is -2.24. The monoisotopic (exact) mass is 1210 g/mol. The fraction of sp³-hybridized carbons (Fsp3) is 0.493. The van der Waals surface area contributed by atoms with E-state index in [9.17, 15) is 57.1 Å². The molecule has 5 fully saturated rings. The number of ether oxygens (including phenoxy) is 2. The fourth-order valence-corrected chi connectivity index (χ4v) is 14.5. The van der Waals surface area contributed by atoms with E-state index in [1.807, 2.05) is 24.3 Å². The van der Waals surface area contributed by atoms with Crippen molar-refractivity contribution in [1.29, 1.82) is 0 Å². The summed E-state index contributed by atoms with van der Waals surface area (Å²) in [6.45, 7) is 6.95. The highest BCUT2D eigenvalue weighted by atomic mass is 19.4. The predicted octanol–water partition coefficient (Wildman–Crippen LogP) is 23.3. The molecule has 5 aliphatic rings. The van der Waals surface area contributed by atoms with Crippen molar-refractivity contribution in [2.75, 3.05) is 0 Å². The van der Waals surface area contributed by atoms with Crippen molar-refractivity contribution >= 4 is 0 Å². The lowest BCUT2D eigenvalue weighted by molar-refractivity contribution is -0.276. The highest BCUT2D eigenvalue weighted by Gasteiger charge is 2.35. The van der Waals surface area contributed by atoms with Gasteiger partial charge in [0.05, 0.1) is 11.1 Å². The quantitative estimate of drug-likeness (QED) is 0.127. The lowest BCUT2D eigenvalue weighted by atomic mass is 9.68. The molecule has 15 heteroatoms. The SMILES string of the molecule is CC1CCC(C2CCC(c3cc(F)c(-c4ccc(F)c(F)c4)c(F)c3)CC2)CC1.CC1CCC(C2CCC(c3ccc(OC(F)(F)F)cc3)CC2)CC1.CC1CCC(c2ccc(-c3cc(F)c(-c4ccc(OC(F)(F)F)c(F)c4)c(F)c3)cc2)CC1. The average Bonchev–Trinajstić information content (AvgIpc) is 1.40. The normalized spacial score (nSPS) is 25.4. The number of hydrogen-bond donors (Lipinski definition) is 0. The molecule has 0 heterocycles. The third-order valence-corrected chi connectivity index (χ3v) is 19.5. The van der Waals surface area contributed by atoms with Gasteiger partial charge in [0.25, 0.3) is 0 Å². The molecule has 464 valence electrons. The van der Waals surface area contributed by atoms with Crippen molar-refractivity contribution in [3.63, 3.8) is 0 Å². The molecule has 5 aliphatic carbocycles. The zero-order valence-corrected chi connectivity index (χ0v) is 49.0. The van der Waals surface area contributed by atoms with Gasteiger partial charge in [0.1, 0.15) is 29.0 Å². The molecule has 0 bridgehead atoms. The van der Waals surface area contributed by atoms with Gasteiger partial charge in [-0.15, -0.1) is 26.3 Å². The Hall–Kier alpha value is -5.99. The van der Waals surface area contributed by atoms with Gasteiger partial charge in [0, 0.05) is 0 Å². The summed E-state index contributed by atoms with van der Waals surface area (Å²) in [6.07, 6.45) is 14.8. The van der Waals surface area contributed by atoms with Crippen molar-refractivity contribution in [3.8, 4) is 44.9 Å². The van der Waals surface area contributed by atoms with Crippen LogP contribution in [-0.2, 0) is 0 Å². The molecular formula is C71H77F13O2. The van der Waals surface area contributed by atoms with Crippen LogP contribution in [0.25, 0.3) is 33.4 Å². The molecule has 86 heavy (non-hydrogen) atoms. The van der Waals surface area contributed by atoms with E-state index in [1.165, 1.54) is 113 Å². The topological polar surface area (TPSA) is 18.5 Å². The highest BCUT2D eigenvalue weighted by Crippen LogP contribution is 2.47. The summed E-state index contributed by atoms with van der Waals surface area (Å²) in [5.41, 5.74) is 2.96. The second kappa shape index (κ2) is 28.4. The molecule has 0 amide bonds. The largest absolute Gasteiger partial charge is 0.573 e. The number of halogens is 13. The Morgan fingerprint density at radius 1 is 0.291 bits per heavy atom. The van der Waals surface area contributed by atoms with E-state index in [0.717, 1.165) is 129 Å². The minimum Gasteiger partial charge on any atom is -0.406 e. The molecule has 0 spiro atoms. The molecule has 0 unspecified atom stereocenters. The van der Waals surface area contributed by atoms with Crippen molar-refractivity contribution in [2.45, 2.75) is 180 Å². The summed E-state index contributed by atoms with van der Waals surface area (Å²) < 4.78 is 181. The second-order valence-corrected chi connectivity index (χ2v) is 25.5. The van der Waals surface area contributed by atoms with Crippen molar-refractivity contribution in [2.24, 2.45) is 41.4 Å². The third-order valence-electron chi connectivity index (χ3n) is 19.5. The molecular weight excluding hydrogens is 1130 g/mol. The first-order valence-corrected chi connectivity index (χ1v) is 30.9. The van der Waals surface area contributed by atoms with Crippen molar-refractivity contribution in [1.82, 2.24) is 0 Å². The maximum Gasteiger partial charge on any atom is 0.573 e. The number of hydrogen-bond acceptors (Lipinski definition) is 2. The standard InChI is InChI=1S/C26H22F6O.C25H28F4.C20H27F3O/c1-15-2-4-16(5-3-15)17-6-8-18(9-7-17)20-13-22(28)25(23(29)14-20)19-10-11-24(21(27)12-19)33-26(30,31)32;1-15-2-4-16(5-3-15)17-6-8-18(9-7-17)20-13-23(28)25(24(29)14-20)19-10-11-21(26)22(27)12-19;1-14-2-4-15(5-3-14)16-6-8-17(9-7-16)18-10-12-19(13-11-18)24-20(21,22)23/h6-16H,2-5H2,1H3;10-18H,2-9H2,1H3;10-17H,2-9H2,1H3. The van der Waals surface area contributed by atoms with E-state index in [4.69, 9.17) is 0 Å². The minimum absolute atomic E-state index is 0.0145. The summed E-state index contributed by atoms with van der Waals surface area (Å²) in [6, 6.07) is 24.3. The molecule has 5 saturated carbocycles. The van der Waals surface area contributed by atoms with E-state index >= 15 is 0 Å². The fourth-order valence-electron chi connectivity index (χ4n) is 14.5. The van der Waals surface area contributed by atoms with E-state index in [0.29, 0.717) is 40.7 Å². The third kappa shape index (κ3) is 17.2. The zero-order valence-electron chi connectivity index (χ0n) is 49.0. The van der Waals surface area contributed by atoms with Crippen molar-refractivity contribution in [3.05, 3.63) is 167 Å². The van der Waals surface area contributed by atoms with E-state index < -0.39 is 64.8 Å². The molecule has 0 radical (unpaired) electrons. The Morgan fingerprint density at radius 3 is 1.02 bits per heavy atom. The highest BCUT2D eigenvalue weighted by molar-refractivity contribution is 5.72. The summed E-state index contributed by atoms with van der Waals surface area (Å²) in [7, 11) is 0. The Balaban J connectivity index is 0.000000156. The summed E-state index contributed by atoms with van der Waals surface area (Å²) in [5, 5.41) is 0. The molecule has 2 nitrogen and oxygen atoms in total.